The lowest BCUT2D eigenvalue weighted by molar-refractivity contribution is -0.384. The summed E-state index contributed by atoms with van der Waals surface area (Å²) in [7, 11) is 0. The van der Waals surface area contributed by atoms with Crippen LogP contribution in [0.25, 0.3) is 11.3 Å². The molecule has 1 unspecified atom stereocenters. The van der Waals surface area contributed by atoms with E-state index in [2.05, 4.69) is 10.3 Å². The van der Waals surface area contributed by atoms with Gasteiger partial charge in [0.2, 0.25) is 0 Å². The highest BCUT2D eigenvalue weighted by molar-refractivity contribution is 7.14. The third-order valence-corrected chi connectivity index (χ3v) is 4.90. The van der Waals surface area contributed by atoms with E-state index in [0.29, 0.717) is 29.2 Å². The van der Waals surface area contributed by atoms with Crippen molar-refractivity contribution in [3.05, 3.63) is 69.6 Å². The summed E-state index contributed by atoms with van der Waals surface area (Å²) in [4.78, 5) is 39.3. The van der Waals surface area contributed by atoms with Crippen LogP contribution < -0.4 is 10.1 Å². The Bertz CT molecular complexity index is 1100. The van der Waals surface area contributed by atoms with Crippen LogP contribution in [0.5, 0.6) is 5.75 Å². The number of ether oxygens (including phenoxy) is 2. The van der Waals surface area contributed by atoms with Crippen LogP contribution in [0.3, 0.4) is 0 Å². The number of hydrogen-bond acceptors (Lipinski definition) is 8. The lowest BCUT2D eigenvalue weighted by Gasteiger charge is -2.12. The number of nitro groups is 1. The molecule has 1 heterocycles. The molecule has 31 heavy (non-hydrogen) atoms. The minimum atomic E-state index is -1.05. The Kier molecular flexibility index (Phi) is 6.93. The van der Waals surface area contributed by atoms with E-state index in [-0.39, 0.29) is 10.8 Å². The Morgan fingerprint density at radius 2 is 1.97 bits per heavy atom. The number of nitro benzene ring substituents is 1. The highest BCUT2D eigenvalue weighted by Crippen LogP contribution is 2.27. The van der Waals surface area contributed by atoms with Crippen molar-refractivity contribution >= 4 is 34.0 Å². The van der Waals surface area contributed by atoms with E-state index in [0.717, 1.165) is 11.3 Å². The second kappa shape index (κ2) is 9.81. The van der Waals surface area contributed by atoms with Gasteiger partial charge in [-0.2, -0.15) is 0 Å². The first-order valence-corrected chi connectivity index (χ1v) is 10.2. The third kappa shape index (κ3) is 5.64. The second-order valence-electron chi connectivity index (χ2n) is 6.34. The molecule has 1 amide bonds. The van der Waals surface area contributed by atoms with Crippen molar-refractivity contribution in [1.29, 1.82) is 0 Å². The topological polar surface area (TPSA) is 121 Å². The number of non-ortho nitro benzene ring substituents is 1. The summed E-state index contributed by atoms with van der Waals surface area (Å²) in [6.45, 7) is 3.83. The average molecular weight is 441 g/mol. The smallest absolute Gasteiger partial charge is 0.338 e. The summed E-state index contributed by atoms with van der Waals surface area (Å²) >= 11 is 1.16. The van der Waals surface area contributed by atoms with Gasteiger partial charge in [-0.05, 0) is 38.1 Å². The molecular weight excluding hydrogens is 422 g/mol. The van der Waals surface area contributed by atoms with E-state index < -0.39 is 22.9 Å². The van der Waals surface area contributed by atoms with E-state index in [4.69, 9.17) is 9.47 Å². The maximum Gasteiger partial charge on any atom is 0.338 e. The van der Waals surface area contributed by atoms with Gasteiger partial charge in [0.15, 0.2) is 11.2 Å². The lowest BCUT2D eigenvalue weighted by atomic mass is 10.1. The normalized spacial score (nSPS) is 11.4. The van der Waals surface area contributed by atoms with Gasteiger partial charge in [-0.3, -0.25) is 20.2 Å². The molecule has 0 bridgehead atoms. The number of carbonyl (C=O) groups excluding carboxylic acids is 2. The van der Waals surface area contributed by atoms with Gasteiger partial charge in [0, 0.05) is 23.1 Å². The summed E-state index contributed by atoms with van der Waals surface area (Å²) in [5.74, 6) is -0.547. The molecule has 1 aromatic heterocycles. The number of esters is 1. The fraction of sp³-hybridized carbons (Fsp3) is 0.190. The minimum absolute atomic E-state index is 0.0501. The highest BCUT2D eigenvalue weighted by Gasteiger charge is 2.20. The minimum Gasteiger partial charge on any atom is -0.494 e. The van der Waals surface area contributed by atoms with E-state index in [1.54, 1.807) is 41.8 Å². The summed E-state index contributed by atoms with van der Waals surface area (Å²) < 4.78 is 10.5. The molecule has 0 radical (unpaired) electrons. The summed E-state index contributed by atoms with van der Waals surface area (Å²) in [5.41, 5.74) is 1.29. The Morgan fingerprint density at radius 1 is 1.23 bits per heavy atom. The van der Waals surface area contributed by atoms with E-state index in [1.807, 2.05) is 6.92 Å². The lowest BCUT2D eigenvalue weighted by Crippen LogP contribution is -2.29. The molecule has 0 aliphatic rings. The maximum absolute atomic E-state index is 12.4. The molecule has 0 aliphatic carbocycles. The predicted octanol–water partition coefficient (Wildman–Crippen LogP) is 4.30. The number of nitrogens with one attached hydrogen (secondary N) is 1. The SMILES string of the molecule is CCOc1ccc(C(=O)OC(C)C(=O)Nc2nc(-c3cccc([N+](=O)[O-])c3)cs2)cc1. The van der Waals surface area contributed by atoms with Gasteiger partial charge in [-0.1, -0.05) is 12.1 Å². The predicted molar refractivity (Wildman–Crippen MR) is 115 cm³/mol. The van der Waals surface area contributed by atoms with Gasteiger partial charge in [-0.15, -0.1) is 11.3 Å². The first-order valence-electron chi connectivity index (χ1n) is 9.32. The molecule has 3 rings (SSSR count). The van der Waals surface area contributed by atoms with Crippen LogP contribution in [-0.4, -0.2) is 34.5 Å². The molecule has 10 heteroatoms. The van der Waals surface area contributed by atoms with Crippen LogP contribution in [0.1, 0.15) is 24.2 Å². The molecule has 0 saturated carbocycles. The standard InChI is InChI=1S/C21H19N3O6S/c1-3-29-17-9-7-14(8-10-17)20(26)30-13(2)19(25)23-21-22-18(12-31-21)15-5-4-6-16(11-15)24(27)28/h4-13H,3H2,1-2H3,(H,22,23,25). The Hall–Kier alpha value is -3.79. The second-order valence-corrected chi connectivity index (χ2v) is 7.20. The number of aromatic nitrogens is 1. The highest BCUT2D eigenvalue weighted by atomic mass is 32.1. The zero-order chi connectivity index (χ0) is 22.4. The number of nitrogens with zero attached hydrogens (tertiary/aromatic N) is 2. The fourth-order valence-corrected chi connectivity index (χ4v) is 3.31. The van der Waals surface area contributed by atoms with Gasteiger partial charge in [-0.25, -0.2) is 9.78 Å². The van der Waals surface area contributed by atoms with Crippen LogP contribution in [-0.2, 0) is 9.53 Å². The van der Waals surface area contributed by atoms with Crippen molar-refractivity contribution in [3.8, 4) is 17.0 Å². The number of thiazole rings is 1. The molecule has 0 spiro atoms. The molecule has 9 nitrogen and oxygen atoms in total. The molecule has 3 aromatic rings. The number of anilines is 1. The van der Waals surface area contributed by atoms with Crippen LogP contribution in [0.15, 0.2) is 53.9 Å². The number of hydrogen-bond donors (Lipinski definition) is 1. The summed E-state index contributed by atoms with van der Waals surface area (Å²) in [6, 6.07) is 12.5. The zero-order valence-electron chi connectivity index (χ0n) is 16.7. The van der Waals surface area contributed by atoms with E-state index in [9.17, 15) is 19.7 Å². The van der Waals surface area contributed by atoms with Crippen molar-refractivity contribution in [1.82, 2.24) is 4.98 Å². The Morgan fingerprint density at radius 3 is 2.65 bits per heavy atom. The number of benzene rings is 2. The van der Waals surface area contributed by atoms with Gasteiger partial charge in [0.25, 0.3) is 11.6 Å². The maximum atomic E-state index is 12.4. The van der Waals surface area contributed by atoms with Crippen molar-refractivity contribution in [2.75, 3.05) is 11.9 Å². The van der Waals surface area contributed by atoms with Crippen LogP contribution in [0, 0.1) is 10.1 Å². The van der Waals surface area contributed by atoms with Crippen LogP contribution in [0.2, 0.25) is 0 Å². The third-order valence-electron chi connectivity index (χ3n) is 4.14. The summed E-state index contributed by atoms with van der Waals surface area (Å²) in [5, 5.41) is 15.5. The molecule has 1 N–H and O–H groups in total. The van der Waals surface area contributed by atoms with Crippen LogP contribution >= 0.6 is 11.3 Å². The van der Waals surface area contributed by atoms with Crippen molar-refractivity contribution < 1.29 is 24.0 Å². The fourth-order valence-electron chi connectivity index (χ4n) is 2.59. The quantitative estimate of drug-likeness (QED) is 0.314. The van der Waals surface area contributed by atoms with Crippen LogP contribution in [0.4, 0.5) is 10.8 Å². The zero-order valence-corrected chi connectivity index (χ0v) is 17.5. The van der Waals surface area contributed by atoms with Crippen molar-refractivity contribution in [2.45, 2.75) is 20.0 Å². The Labute approximate surface area is 181 Å². The van der Waals surface area contributed by atoms with Gasteiger partial charge < -0.3 is 9.47 Å². The molecule has 1 atom stereocenters. The molecule has 0 saturated heterocycles. The molecule has 0 fully saturated rings. The first-order chi connectivity index (χ1) is 14.9. The molecular formula is C21H19N3O6S. The van der Waals surface area contributed by atoms with Gasteiger partial charge >= 0.3 is 5.97 Å². The van der Waals surface area contributed by atoms with E-state index in [1.165, 1.54) is 19.1 Å². The first kappa shape index (κ1) is 21.9. The molecule has 160 valence electrons. The van der Waals surface area contributed by atoms with Gasteiger partial charge in [0.05, 0.1) is 22.8 Å². The number of amides is 1. The largest absolute Gasteiger partial charge is 0.494 e. The number of rotatable bonds is 8. The van der Waals surface area contributed by atoms with Gasteiger partial charge in [0.1, 0.15) is 5.75 Å². The van der Waals surface area contributed by atoms with Crippen molar-refractivity contribution in [2.24, 2.45) is 0 Å². The molecule has 0 aliphatic heterocycles. The van der Waals surface area contributed by atoms with Crippen molar-refractivity contribution in [3.63, 3.8) is 0 Å². The number of carbonyl (C=O) groups is 2. The summed E-state index contributed by atoms with van der Waals surface area (Å²) in [6.07, 6.45) is -1.05. The molecule has 2 aromatic carbocycles. The monoisotopic (exact) mass is 441 g/mol. The Balaban J connectivity index is 1.60. The average Bonchev–Trinajstić information content (AvgIpc) is 3.23. The van der Waals surface area contributed by atoms with E-state index >= 15 is 0 Å².